The Hall–Kier alpha value is -3.28. The molecule has 1 heterocycles. The number of nitrogens with zero attached hydrogens (tertiary/aromatic N) is 2. The second-order valence-electron chi connectivity index (χ2n) is 6.86. The van der Waals surface area contributed by atoms with Crippen LogP contribution in [0.15, 0.2) is 48.5 Å². The zero-order chi connectivity index (χ0) is 20.8. The van der Waals surface area contributed by atoms with Crippen LogP contribution >= 0.6 is 0 Å². The average Bonchev–Trinajstić information content (AvgIpc) is 3.04. The number of hydrogen-bond acceptors (Lipinski definition) is 4. The van der Waals surface area contributed by atoms with Crippen molar-refractivity contribution in [2.24, 2.45) is 0 Å². The summed E-state index contributed by atoms with van der Waals surface area (Å²) in [6.45, 7) is 4.46. The molecule has 1 amide bonds. The molecule has 0 aliphatic rings. The minimum atomic E-state index is 0.00560. The first-order chi connectivity index (χ1) is 14.0. The van der Waals surface area contributed by atoms with Gasteiger partial charge in [0.05, 0.1) is 25.6 Å². The van der Waals surface area contributed by atoms with Crippen molar-refractivity contribution in [2.45, 2.75) is 33.2 Å². The monoisotopic (exact) mass is 393 g/mol. The van der Waals surface area contributed by atoms with Crippen LogP contribution in [0.2, 0.25) is 0 Å². The average molecular weight is 393 g/mol. The molecule has 2 aromatic carbocycles. The lowest BCUT2D eigenvalue weighted by molar-refractivity contribution is -0.121. The number of carbonyl (C=O) groups is 1. The van der Waals surface area contributed by atoms with Gasteiger partial charge in [-0.15, -0.1) is 0 Å². The maximum Gasteiger partial charge on any atom is 0.220 e. The van der Waals surface area contributed by atoms with Crippen molar-refractivity contribution >= 4 is 5.91 Å². The molecule has 1 aromatic heterocycles. The van der Waals surface area contributed by atoms with Crippen LogP contribution in [0.5, 0.6) is 11.5 Å². The molecule has 6 heteroatoms. The molecule has 152 valence electrons. The van der Waals surface area contributed by atoms with Gasteiger partial charge in [0.1, 0.15) is 0 Å². The number of ether oxygens (including phenoxy) is 2. The number of aromatic nitrogens is 2. The lowest BCUT2D eigenvalue weighted by atomic mass is 10.1. The summed E-state index contributed by atoms with van der Waals surface area (Å²) >= 11 is 0. The third kappa shape index (κ3) is 4.77. The van der Waals surface area contributed by atoms with E-state index in [4.69, 9.17) is 9.47 Å². The summed E-state index contributed by atoms with van der Waals surface area (Å²) in [5.74, 6) is 1.36. The predicted molar refractivity (Wildman–Crippen MR) is 113 cm³/mol. The Labute approximate surface area is 171 Å². The lowest BCUT2D eigenvalue weighted by Crippen LogP contribution is -2.23. The lowest BCUT2D eigenvalue weighted by Gasteiger charge is -2.10. The standard InChI is InChI=1S/C23H27N3O3/c1-16-20(17(2)26(25-16)19-8-6-5-7-9-19)15-24-23(27)13-11-18-10-12-21(28-3)22(14-18)29-4/h5-10,12,14H,11,13,15H2,1-4H3,(H,24,27). The maximum atomic E-state index is 12.4. The number of amides is 1. The molecular formula is C23H27N3O3. The van der Waals surface area contributed by atoms with Gasteiger partial charge in [-0.1, -0.05) is 24.3 Å². The fraction of sp³-hybridized carbons (Fsp3) is 0.304. The van der Waals surface area contributed by atoms with Crippen LogP contribution in [0.25, 0.3) is 5.69 Å². The maximum absolute atomic E-state index is 12.4. The molecule has 0 radical (unpaired) electrons. The van der Waals surface area contributed by atoms with Gasteiger partial charge in [-0.05, 0) is 50.1 Å². The molecule has 0 fully saturated rings. The molecule has 0 aliphatic carbocycles. The summed E-state index contributed by atoms with van der Waals surface area (Å²) in [6.07, 6.45) is 1.04. The van der Waals surface area contributed by atoms with E-state index >= 15 is 0 Å². The van der Waals surface area contributed by atoms with Crippen molar-refractivity contribution in [3.05, 3.63) is 71.0 Å². The van der Waals surface area contributed by atoms with Gasteiger partial charge in [-0.3, -0.25) is 4.79 Å². The smallest absolute Gasteiger partial charge is 0.220 e. The quantitative estimate of drug-likeness (QED) is 0.633. The highest BCUT2D eigenvalue weighted by Gasteiger charge is 2.14. The molecule has 3 rings (SSSR count). The van der Waals surface area contributed by atoms with Gasteiger partial charge in [0.25, 0.3) is 0 Å². The molecule has 0 atom stereocenters. The van der Waals surface area contributed by atoms with Gasteiger partial charge in [0, 0.05) is 24.2 Å². The van der Waals surface area contributed by atoms with E-state index in [1.54, 1.807) is 14.2 Å². The Morgan fingerprint density at radius 2 is 1.76 bits per heavy atom. The van der Waals surface area contributed by atoms with Gasteiger partial charge in [-0.25, -0.2) is 4.68 Å². The van der Waals surface area contributed by atoms with Crippen molar-refractivity contribution in [1.29, 1.82) is 0 Å². The van der Waals surface area contributed by atoms with Crippen molar-refractivity contribution in [2.75, 3.05) is 14.2 Å². The fourth-order valence-corrected chi connectivity index (χ4v) is 3.32. The van der Waals surface area contributed by atoms with Gasteiger partial charge in [-0.2, -0.15) is 5.10 Å². The highest BCUT2D eigenvalue weighted by Crippen LogP contribution is 2.28. The highest BCUT2D eigenvalue weighted by atomic mass is 16.5. The first kappa shape index (κ1) is 20.5. The molecule has 0 saturated carbocycles. The Kier molecular flexibility index (Phi) is 6.54. The minimum absolute atomic E-state index is 0.00560. The third-order valence-electron chi connectivity index (χ3n) is 4.99. The van der Waals surface area contributed by atoms with E-state index < -0.39 is 0 Å². The zero-order valence-corrected chi connectivity index (χ0v) is 17.4. The first-order valence-electron chi connectivity index (χ1n) is 9.61. The van der Waals surface area contributed by atoms with E-state index in [9.17, 15) is 4.79 Å². The second kappa shape index (κ2) is 9.28. The number of hydrogen-bond donors (Lipinski definition) is 1. The second-order valence-corrected chi connectivity index (χ2v) is 6.86. The molecule has 0 unspecified atom stereocenters. The number of aryl methyl sites for hydroxylation is 2. The van der Waals surface area contributed by atoms with E-state index in [0.717, 1.165) is 28.2 Å². The fourth-order valence-electron chi connectivity index (χ4n) is 3.32. The van der Waals surface area contributed by atoms with E-state index in [2.05, 4.69) is 10.4 Å². The Bertz CT molecular complexity index is 981. The van der Waals surface area contributed by atoms with Crippen molar-refractivity contribution < 1.29 is 14.3 Å². The summed E-state index contributed by atoms with van der Waals surface area (Å²) in [5, 5.41) is 7.65. The molecule has 0 saturated heterocycles. The van der Waals surface area contributed by atoms with Crippen LogP contribution < -0.4 is 14.8 Å². The van der Waals surface area contributed by atoms with Crippen molar-refractivity contribution in [3.63, 3.8) is 0 Å². The molecule has 29 heavy (non-hydrogen) atoms. The van der Waals surface area contributed by atoms with Gasteiger partial charge in [0.2, 0.25) is 5.91 Å². The van der Waals surface area contributed by atoms with Crippen LogP contribution in [0.1, 0.15) is 28.9 Å². The number of carbonyl (C=O) groups excluding carboxylic acids is 1. The summed E-state index contributed by atoms with van der Waals surface area (Å²) in [5.41, 5.74) is 5.05. The largest absolute Gasteiger partial charge is 0.493 e. The van der Waals surface area contributed by atoms with Crippen molar-refractivity contribution in [3.8, 4) is 17.2 Å². The van der Waals surface area contributed by atoms with Crippen LogP contribution in [0, 0.1) is 13.8 Å². The molecular weight excluding hydrogens is 366 g/mol. The summed E-state index contributed by atoms with van der Waals surface area (Å²) < 4.78 is 12.5. The summed E-state index contributed by atoms with van der Waals surface area (Å²) in [4.78, 5) is 12.4. The van der Waals surface area contributed by atoms with E-state index in [1.165, 1.54) is 0 Å². The number of para-hydroxylation sites is 1. The summed E-state index contributed by atoms with van der Waals surface area (Å²) in [7, 11) is 3.21. The summed E-state index contributed by atoms with van der Waals surface area (Å²) in [6, 6.07) is 15.7. The van der Waals surface area contributed by atoms with E-state index in [0.29, 0.717) is 30.9 Å². The number of methoxy groups -OCH3 is 2. The zero-order valence-electron chi connectivity index (χ0n) is 17.4. The number of rotatable bonds is 8. The molecule has 1 N–H and O–H groups in total. The molecule has 3 aromatic rings. The SMILES string of the molecule is COc1ccc(CCC(=O)NCc2c(C)nn(-c3ccccc3)c2C)cc1OC. The van der Waals surface area contributed by atoms with E-state index in [1.807, 2.05) is 67.1 Å². The predicted octanol–water partition coefficient (Wildman–Crippen LogP) is 3.76. The third-order valence-corrected chi connectivity index (χ3v) is 4.99. The van der Waals surface area contributed by atoms with Crippen LogP contribution in [-0.2, 0) is 17.8 Å². The van der Waals surface area contributed by atoms with Gasteiger partial charge in [0.15, 0.2) is 11.5 Å². The van der Waals surface area contributed by atoms with Crippen LogP contribution in [0.4, 0.5) is 0 Å². The van der Waals surface area contributed by atoms with Crippen LogP contribution in [-0.4, -0.2) is 29.9 Å². The highest BCUT2D eigenvalue weighted by molar-refractivity contribution is 5.76. The first-order valence-corrected chi connectivity index (χ1v) is 9.61. The van der Waals surface area contributed by atoms with Crippen LogP contribution in [0.3, 0.4) is 0 Å². The topological polar surface area (TPSA) is 65.4 Å². The molecule has 0 bridgehead atoms. The molecule has 0 spiro atoms. The van der Waals surface area contributed by atoms with Gasteiger partial charge >= 0.3 is 0 Å². The van der Waals surface area contributed by atoms with Crippen molar-refractivity contribution in [1.82, 2.24) is 15.1 Å². The minimum Gasteiger partial charge on any atom is -0.493 e. The van der Waals surface area contributed by atoms with E-state index in [-0.39, 0.29) is 5.91 Å². The Morgan fingerprint density at radius 1 is 1.03 bits per heavy atom. The number of nitrogens with one attached hydrogen (secondary N) is 1. The Balaban J connectivity index is 1.59. The Morgan fingerprint density at radius 3 is 2.45 bits per heavy atom. The molecule has 6 nitrogen and oxygen atoms in total. The number of benzene rings is 2. The van der Waals surface area contributed by atoms with Gasteiger partial charge < -0.3 is 14.8 Å². The normalized spacial score (nSPS) is 10.6. The molecule has 0 aliphatic heterocycles.